The molecular weight excluding hydrogens is 300 g/mol. The number of carbonyl (C=O) groups is 2. The minimum Gasteiger partial charge on any atom is -0.495 e. The lowest BCUT2D eigenvalue weighted by atomic mass is 10.3. The molecule has 0 saturated heterocycles. The van der Waals surface area contributed by atoms with Crippen LogP contribution in [0.3, 0.4) is 0 Å². The van der Waals surface area contributed by atoms with Crippen molar-refractivity contribution < 1.29 is 24.2 Å². The van der Waals surface area contributed by atoms with Crippen LogP contribution in [0.15, 0.2) is 18.2 Å². The van der Waals surface area contributed by atoms with Crippen LogP contribution >= 0.6 is 11.6 Å². The third-order valence-electron chi connectivity index (χ3n) is 2.38. The minimum atomic E-state index is -0.807. The molecule has 0 radical (unpaired) electrons. The normalized spacial score (nSPS) is 10.0. The molecule has 0 atom stereocenters. The molecular formula is C13H17ClN2O5. The van der Waals surface area contributed by atoms with Gasteiger partial charge >= 0.3 is 11.8 Å². The fourth-order valence-corrected chi connectivity index (χ4v) is 1.67. The SMILES string of the molecule is COc1ccc(NC(=O)C(=O)NCCOCCO)cc1Cl. The van der Waals surface area contributed by atoms with E-state index in [-0.39, 0.29) is 26.4 Å². The van der Waals surface area contributed by atoms with Gasteiger partial charge in [-0.1, -0.05) is 11.6 Å². The van der Waals surface area contributed by atoms with E-state index in [0.29, 0.717) is 16.5 Å². The average molecular weight is 317 g/mol. The van der Waals surface area contributed by atoms with Gasteiger partial charge in [-0.3, -0.25) is 9.59 Å². The first-order chi connectivity index (χ1) is 10.1. The van der Waals surface area contributed by atoms with Gasteiger partial charge < -0.3 is 25.2 Å². The predicted molar refractivity (Wildman–Crippen MR) is 77.5 cm³/mol. The summed E-state index contributed by atoms with van der Waals surface area (Å²) in [6, 6.07) is 4.63. The summed E-state index contributed by atoms with van der Waals surface area (Å²) < 4.78 is 9.93. The minimum absolute atomic E-state index is 0.0906. The number of methoxy groups -OCH3 is 1. The third-order valence-corrected chi connectivity index (χ3v) is 2.68. The van der Waals surface area contributed by atoms with Crippen molar-refractivity contribution in [2.24, 2.45) is 0 Å². The molecule has 0 fully saturated rings. The first-order valence-electron chi connectivity index (χ1n) is 6.19. The van der Waals surface area contributed by atoms with Gasteiger partial charge in [0.1, 0.15) is 5.75 Å². The van der Waals surface area contributed by atoms with Crippen LogP contribution < -0.4 is 15.4 Å². The molecule has 7 nitrogen and oxygen atoms in total. The number of halogens is 1. The van der Waals surface area contributed by atoms with Crippen LogP contribution in [0.4, 0.5) is 5.69 Å². The Morgan fingerprint density at radius 3 is 2.67 bits per heavy atom. The van der Waals surface area contributed by atoms with E-state index in [2.05, 4.69) is 10.6 Å². The first kappa shape index (κ1) is 17.2. The summed E-state index contributed by atoms with van der Waals surface area (Å²) in [5.41, 5.74) is 0.387. The highest BCUT2D eigenvalue weighted by Crippen LogP contribution is 2.27. The highest BCUT2D eigenvalue weighted by atomic mass is 35.5. The van der Waals surface area contributed by atoms with Gasteiger partial charge in [-0.15, -0.1) is 0 Å². The summed E-state index contributed by atoms with van der Waals surface area (Å²) in [5, 5.41) is 13.6. The lowest BCUT2D eigenvalue weighted by Crippen LogP contribution is -2.37. The Balaban J connectivity index is 2.41. The molecule has 1 aromatic rings. The summed E-state index contributed by atoms with van der Waals surface area (Å²) in [5.74, 6) is -1.12. The molecule has 0 bridgehead atoms. The van der Waals surface area contributed by atoms with Crippen LogP contribution in [-0.2, 0) is 14.3 Å². The quantitative estimate of drug-likeness (QED) is 0.500. The molecule has 0 heterocycles. The monoisotopic (exact) mass is 316 g/mol. The van der Waals surface area contributed by atoms with E-state index >= 15 is 0 Å². The van der Waals surface area contributed by atoms with Gasteiger partial charge in [-0.25, -0.2) is 0 Å². The van der Waals surface area contributed by atoms with Crippen molar-refractivity contribution in [2.75, 3.05) is 38.8 Å². The summed E-state index contributed by atoms with van der Waals surface area (Å²) in [6.45, 7) is 0.489. The number of carbonyl (C=O) groups excluding carboxylic acids is 2. The van der Waals surface area contributed by atoms with E-state index in [1.165, 1.54) is 13.2 Å². The zero-order chi connectivity index (χ0) is 15.7. The Bertz CT molecular complexity index is 495. The predicted octanol–water partition coefficient (Wildman–Crippen LogP) is 0.412. The number of hydrogen-bond acceptors (Lipinski definition) is 5. The Kier molecular flexibility index (Phi) is 7.52. The molecule has 1 aromatic carbocycles. The molecule has 0 aliphatic rings. The number of amides is 2. The second-order valence-electron chi connectivity index (χ2n) is 3.90. The van der Waals surface area contributed by atoms with Crippen LogP contribution in [-0.4, -0.2) is 50.4 Å². The molecule has 0 aliphatic heterocycles. The molecule has 0 saturated carbocycles. The Hall–Kier alpha value is -1.83. The van der Waals surface area contributed by atoms with Crippen molar-refractivity contribution in [3.05, 3.63) is 23.2 Å². The molecule has 116 valence electrons. The maximum absolute atomic E-state index is 11.6. The van der Waals surface area contributed by atoms with E-state index in [4.69, 9.17) is 26.2 Å². The number of aliphatic hydroxyl groups is 1. The van der Waals surface area contributed by atoms with Crippen LogP contribution in [0.2, 0.25) is 5.02 Å². The number of aliphatic hydroxyl groups excluding tert-OH is 1. The van der Waals surface area contributed by atoms with Crippen molar-refractivity contribution in [2.45, 2.75) is 0 Å². The maximum atomic E-state index is 11.6. The van der Waals surface area contributed by atoms with Crippen LogP contribution in [0.5, 0.6) is 5.75 Å². The summed E-state index contributed by atoms with van der Waals surface area (Å²) in [4.78, 5) is 23.1. The fraction of sp³-hybridized carbons (Fsp3) is 0.385. The maximum Gasteiger partial charge on any atom is 0.313 e. The Morgan fingerprint density at radius 2 is 2.05 bits per heavy atom. The topological polar surface area (TPSA) is 96.9 Å². The average Bonchev–Trinajstić information content (AvgIpc) is 2.47. The summed E-state index contributed by atoms with van der Waals surface area (Å²) >= 11 is 5.91. The zero-order valence-electron chi connectivity index (χ0n) is 11.5. The zero-order valence-corrected chi connectivity index (χ0v) is 12.3. The molecule has 8 heteroatoms. The largest absolute Gasteiger partial charge is 0.495 e. The van der Waals surface area contributed by atoms with Crippen molar-refractivity contribution >= 4 is 29.1 Å². The van der Waals surface area contributed by atoms with E-state index in [1.807, 2.05) is 0 Å². The molecule has 0 aliphatic carbocycles. The van der Waals surface area contributed by atoms with Gasteiger partial charge in [-0.2, -0.15) is 0 Å². The Labute approximate surface area is 127 Å². The molecule has 21 heavy (non-hydrogen) atoms. The number of nitrogens with one attached hydrogen (secondary N) is 2. The van der Waals surface area contributed by atoms with Crippen molar-refractivity contribution in [1.82, 2.24) is 5.32 Å². The summed E-state index contributed by atoms with van der Waals surface area (Å²) in [7, 11) is 1.48. The molecule has 0 unspecified atom stereocenters. The number of benzene rings is 1. The fourth-order valence-electron chi connectivity index (χ4n) is 1.42. The van der Waals surface area contributed by atoms with Crippen molar-refractivity contribution in [3.63, 3.8) is 0 Å². The van der Waals surface area contributed by atoms with Crippen molar-refractivity contribution in [1.29, 1.82) is 0 Å². The van der Waals surface area contributed by atoms with Crippen LogP contribution in [0.1, 0.15) is 0 Å². The van der Waals surface area contributed by atoms with Gasteiger partial charge in [0.2, 0.25) is 0 Å². The molecule has 1 rings (SSSR count). The van der Waals surface area contributed by atoms with E-state index in [9.17, 15) is 9.59 Å². The smallest absolute Gasteiger partial charge is 0.313 e. The van der Waals surface area contributed by atoms with Crippen LogP contribution in [0, 0.1) is 0 Å². The lowest BCUT2D eigenvalue weighted by Gasteiger charge is -2.08. The second kappa shape index (κ2) is 9.17. The highest BCUT2D eigenvalue weighted by molar-refractivity contribution is 6.40. The second-order valence-corrected chi connectivity index (χ2v) is 4.30. The van der Waals surface area contributed by atoms with Gasteiger partial charge in [0, 0.05) is 12.2 Å². The number of ether oxygens (including phenoxy) is 2. The molecule has 0 aromatic heterocycles. The number of rotatable bonds is 7. The van der Waals surface area contributed by atoms with Gasteiger partial charge in [-0.05, 0) is 18.2 Å². The summed E-state index contributed by atoms with van der Waals surface area (Å²) in [6.07, 6.45) is 0. The van der Waals surface area contributed by atoms with E-state index in [1.54, 1.807) is 12.1 Å². The molecule has 2 amide bonds. The van der Waals surface area contributed by atoms with Gasteiger partial charge in [0.05, 0.1) is 32.0 Å². The van der Waals surface area contributed by atoms with Crippen LogP contribution in [0.25, 0.3) is 0 Å². The third kappa shape index (κ3) is 5.99. The lowest BCUT2D eigenvalue weighted by molar-refractivity contribution is -0.136. The van der Waals surface area contributed by atoms with Gasteiger partial charge in [0.15, 0.2) is 0 Å². The van der Waals surface area contributed by atoms with E-state index < -0.39 is 11.8 Å². The highest BCUT2D eigenvalue weighted by Gasteiger charge is 2.13. The number of hydrogen-bond donors (Lipinski definition) is 3. The van der Waals surface area contributed by atoms with Crippen molar-refractivity contribution in [3.8, 4) is 5.75 Å². The van der Waals surface area contributed by atoms with E-state index in [0.717, 1.165) is 0 Å². The number of anilines is 1. The molecule has 0 spiro atoms. The standard InChI is InChI=1S/C13H17ClN2O5/c1-20-11-3-2-9(8-10(11)14)16-13(19)12(18)15-4-6-21-7-5-17/h2-3,8,17H,4-7H2,1H3,(H,15,18)(H,16,19). The Morgan fingerprint density at radius 1 is 1.29 bits per heavy atom. The van der Waals surface area contributed by atoms with Gasteiger partial charge in [0.25, 0.3) is 0 Å². The molecule has 3 N–H and O–H groups in total. The first-order valence-corrected chi connectivity index (χ1v) is 6.57.